The quantitative estimate of drug-likeness (QED) is 0.728. The van der Waals surface area contributed by atoms with Gasteiger partial charge in [-0.3, -0.25) is 5.32 Å². The van der Waals surface area contributed by atoms with Gasteiger partial charge in [-0.05, 0) is 38.5 Å². The Morgan fingerprint density at radius 3 is 2.83 bits per heavy atom. The molecule has 0 saturated heterocycles. The lowest BCUT2D eigenvalue weighted by atomic mass is 10.2. The van der Waals surface area contributed by atoms with E-state index >= 15 is 0 Å². The molecule has 0 aliphatic carbocycles. The van der Waals surface area contributed by atoms with Crippen molar-refractivity contribution in [2.45, 2.75) is 20.8 Å². The van der Waals surface area contributed by atoms with Crippen molar-refractivity contribution in [1.82, 2.24) is 10.1 Å². The van der Waals surface area contributed by atoms with E-state index in [-0.39, 0.29) is 5.88 Å². The van der Waals surface area contributed by atoms with Gasteiger partial charge in [0.05, 0.1) is 5.51 Å². The number of hydrogen-bond acceptors (Lipinski definition) is 7. The van der Waals surface area contributed by atoms with Crippen molar-refractivity contribution >= 4 is 33.8 Å². The predicted molar refractivity (Wildman–Crippen MR) is 92.2 cm³/mol. The molecule has 0 bridgehead atoms. The van der Waals surface area contributed by atoms with Gasteiger partial charge in [0, 0.05) is 5.69 Å². The van der Waals surface area contributed by atoms with Gasteiger partial charge in [-0.25, -0.2) is 9.78 Å². The number of hydrogen-bond donors (Lipinski definition) is 2. The van der Waals surface area contributed by atoms with Crippen LogP contribution in [-0.2, 0) is 0 Å². The number of nitrogens with zero attached hydrogens (tertiary/aromatic N) is 2. The van der Waals surface area contributed by atoms with Gasteiger partial charge in [-0.15, -0.1) is 11.3 Å². The molecule has 8 heteroatoms. The third kappa shape index (κ3) is 3.54. The van der Waals surface area contributed by atoms with Gasteiger partial charge < -0.3 is 14.6 Å². The summed E-state index contributed by atoms with van der Waals surface area (Å²) in [5, 5.41) is 10.3. The second kappa shape index (κ2) is 6.71. The molecule has 1 amide bonds. The highest BCUT2D eigenvalue weighted by molar-refractivity contribution is 7.14. The van der Waals surface area contributed by atoms with Gasteiger partial charge in [-0.1, -0.05) is 17.3 Å². The van der Waals surface area contributed by atoms with Crippen molar-refractivity contribution < 1.29 is 14.1 Å². The van der Waals surface area contributed by atoms with Gasteiger partial charge in [0.1, 0.15) is 11.4 Å². The van der Waals surface area contributed by atoms with Gasteiger partial charge in [0.2, 0.25) is 0 Å². The molecule has 124 valence electrons. The highest BCUT2D eigenvalue weighted by Gasteiger charge is 2.16. The monoisotopic (exact) mass is 344 g/mol. The zero-order valence-electron chi connectivity index (χ0n) is 13.4. The van der Waals surface area contributed by atoms with E-state index in [2.05, 4.69) is 20.8 Å². The Kier molecular flexibility index (Phi) is 4.48. The van der Waals surface area contributed by atoms with Crippen LogP contribution in [0.3, 0.4) is 0 Å². The van der Waals surface area contributed by atoms with Crippen LogP contribution < -0.4 is 15.4 Å². The fourth-order valence-electron chi connectivity index (χ4n) is 2.12. The maximum atomic E-state index is 12.1. The minimum atomic E-state index is -0.603. The normalized spacial score (nSPS) is 10.5. The van der Waals surface area contributed by atoms with Crippen molar-refractivity contribution in [1.29, 1.82) is 0 Å². The molecule has 0 aliphatic rings. The maximum Gasteiger partial charge on any atom is 0.418 e. The molecule has 2 heterocycles. The first-order valence-electron chi connectivity index (χ1n) is 7.22. The number of anilines is 3. The molecule has 0 aliphatic heterocycles. The molecule has 2 aromatic heterocycles. The highest BCUT2D eigenvalue weighted by atomic mass is 32.1. The van der Waals surface area contributed by atoms with Crippen LogP contribution in [0.2, 0.25) is 0 Å². The topological polar surface area (TPSA) is 89.3 Å². The van der Waals surface area contributed by atoms with Gasteiger partial charge >= 0.3 is 6.09 Å². The third-order valence-corrected chi connectivity index (χ3v) is 3.98. The number of aromatic nitrogens is 2. The van der Waals surface area contributed by atoms with E-state index < -0.39 is 6.09 Å². The van der Waals surface area contributed by atoms with E-state index in [0.29, 0.717) is 16.4 Å². The minimum Gasteiger partial charge on any atom is -0.388 e. The molecular formula is C16H16N4O3S. The summed E-state index contributed by atoms with van der Waals surface area (Å²) in [6.45, 7) is 5.57. The summed E-state index contributed by atoms with van der Waals surface area (Å²) in [6, 6.07) is 7.45. The van der Waals surface area contributed by atoms with Crippen molar-refractivity contribution in [2.24, 2.45) is 0 Å². The maximum absolute atomic E-state index is 12.1. The van der Waals surface area contributed by atoms with E-state index in [1.807, 2.05) is 32.0 Å². The van der Waals surface area contributed by atoms with Crippen LogP contribution >= 0.6 is 11.3 Å². The molecule has 0 atom stereocenters. The summed E-state index contributed by atoms with van der Waals surface area (Å²) in [5.41, 5.74) is 4.76. The molecule has 2 N–H and O–H groups in total. The van der Waals surface area contributed by atoms with Crippen LogP contribution in [0.25, 0.3) is 0 Å². The van der Waals surface area contributed by atoms with Crippen LogP contribution in [0.15, 0.2) is 34.3 Å². The van der Waals surface area contributed by atoms with E-state index in [0.717, 1.165) is 16.9 Å². The zero-order valence-corrected chi connectivity index (χ0v) is 14.2. The minimum absolute atomic E-state index is 0.199. The Morgan fingerprint density at radius 1 is 1.29 bits per heavy atom. The summed E-state index contributed by atoms with van der Waals surface area (Å²) >= 11 is 1.32. The lowest BCUT2D eigenvalue weighted by Gasteiger charge is -2.08. The molecule has 3 rings (SSSR count). The molecule has 7 nitrogen and oxygen atoms in total. The van der Waals surface area contributed by atoms with Crippen LogP contribution in [-0.4, -0.2) is 16.2 Å². The van der Waals surface area contributed by atoms with Crippen molar-refractivity contribution in [2.75, 3.05) is 10.6 Å². The standard InChI is InChI=1S/C16H16N4O3S/c1-9-5-4-6-12(7-9)18-16(21)22-14-15(24-8-17-14)19-13-10(2)20-23-11(13)3/h4-8,19H,1-3H3,(H,18,21). The number of thiazole rings is 1. The summed E-state index contributed by atoms with van der Waals surface area (Å²) in [4.78, 5) is 16.1. The first-order chi connectivity index (χ1) is 11.5. The Morgan fingerprint density at radius 2 is 2.12 bits per heavy atom. The van der Waals surface area contributed by atoms with Crippen molar-refractivity contribution in [3.63, 3.8) is 0 Å². The van der Waals surface area contributed by atoms with Crippen LogP contribution in [0.1, 0.15) is 17.0 Å². The molecule has 1 aromatic carbocycles. The summed E-state index contributed by atoms with van der Waals surface area (Å²) in [6.07, 6.45) is -0.603. The number of aryl methyl sites for hydroxylation is 3. The van der Waals surface area contributed by atoms with Crippen LogP contribution in [0.4, 0.5) is 21.2 Å². The average Bonchev–Trinajstić information content (AvgIpc) is 3.09. The number of amides is 1. The molecule has 0 fully saturated rings. The summed E-state index contributed by atoms with van der Waals surface area (Å²) in [7, 11) is 0. The van der Waals surface area contributed by atoms with Gasteiger partial charge in [0.25, 0.3) is 5.88 Å². The van der Waals surface area contributed by atoms with Crippen LogP contribution in [0, 0.1) is 20.8 Å². The molecule has 0 spiro atoms. The lowest BCUT2D eigenvalue weighted by molar-refractivity contribution is 0.214. The van der Waals surface area contributed by atoms with E-state index in [4.69, 9.17) is 9.26 Å². The molecule has 24 heavy (non-hydrogen) atoms. The SMILES string of the molecule is Cc1cccc(NC(=O)Oc2ncsc2Nc2c(C)noc2C)c1. The van der Waals surface area contributed by atoms with Gasteiger partial charge in [-0.2, -0.15) is 0 Å². The third-order valence-electron chi connectivity index (χ3n) is 3.26. The Balaban J connectivity index is 1.70. The predicted octanol–water partition coefficient (Wildman–Crippen LogP) is 4.41. The van der Waals surface area contributed by atoms with E-state index in [1.54, 1.807) is 18.5 Å². The number of nitrogens with one attached hydrogen (secondary N) is 2. The first-order valence-corrected chi connectivity index (χ1v) is 8.10. The largest absolute Gasteiger partial charge is 0.418 e. The number of carbonyl (C=O) groups is 1. The van der Waals surface area contributed by atoms with Crippen molar-refractivity contribution in [3.8, 4) is 5.88 Å². The molecule has 0 radical (unpaired) electrons. The molecule has 0 unspecified atom stereocenters. The summed E-state index contributed by atoms with van der Waals surface area (Å²) < 4.78 is 10.4. The number of carbonyl (C=O) groups excluding carboxylic acids is 1. The first kappa shape index (κ1) is 16.0. The lowest BCUT2D eigenvalue weighted by Crippen LogP contribution is -2.17. The van der Waals surface area contributed by atoms with Crippen LogP contribution in [0.5, 0.6) is 5.88 Å². The number of rotatable bonds is 4. The Hall–Kier alpha value is -2.87. The summed E-state index contributed by atoms with van der Waals surface area (Å²) in [5.74, 6) is 0.848. The Labute approximate surface area is 142 Å². The second-order valence-corrected chi connectivity index (χ2v) is 6.05. The Bertz CT molecular complexity index is 852. The second-order valence-electron chi connectivity index (χ2n) is 5.19. The van der Waals surface area contributed by atoms with Crippen molar-refractivity contribution in [3.05, 3.63) is 46.8 Å². The number of benzene rings is 1. The van der Waals surface area contributed by atoms with E-state index in [9.17, 15) is 4.79 Å². The van der Waals surface area contributed by atoms with E-state index in [1.165, 1.54) is 11.3 Å². The van der Waals surface area contributed by atoms with Gasteiger partial charge in [0.15, 0.2) is 10.8 Å². The number of ether oxygens (including phenoxy) is 1. The highest BCUT2D eigenvalue weighted by Crippen LogP contribution is 2.33. The molecule has 3 aromatic rings. The smallest absolute Gasteiger partial charge is 0.388 e. The fraction of sp³-hybridized carbons (Fsp3) is 0.188. The average molecular weight is 344 g/mol. The molecular weight excluding hydrogens is 328 g/mol. The zero-order chi connectivity index (χ0) is 17.1. The fourth-order valence-corrected chi connectivity index (χ4v) is 2.73. The molecule has 0 saturated carbocycles.